The Hall–Kier alpha value is -1.84. The lowest BCUT2D eigenvalue weighted by Crippen LogP contribution is -2.05. The van der Waals surface area contributed by atoms with Crippen molar-refractivity contribution in [3.63, 3.8) is 0 Å². The number of rotatable bonds is 9. The maximum absolute atomic E-state index is 12.1. The third-order valence-electron chi connectivity index (χ3n) is 3.21. The van der Waals surface area contributed by atoms with E-state index in [-0.39, 0.29) is 24.5 Å². The average molecular weight is 292 g/mol. The highest BCUT2D eigenvalue weighted by atomic mass is 16.5. The highest BCUT2D eigenvalue weighted by Crippen LogP contribution is 2.28. The molecule has 1 aromatic rings. The second-order valence-electron chi connectivity index (χ2n) is 5.43. The van der Waals surface area contributed by atoms with Crippen molar-refractivity contribution in [2.45, 2.75) is 52.4 Å². The third kappa shape index (κ3) is 5.58. The standard InChI is InChI=1S/C17H24O4/c1-4-10-21-16-9-8-13(11-14(16)12(2)3)15(18)6-5-7-17(19)20/h8-9,11-12H,4-7,10H2,1-3H3,(H,19,20). The summed E-state index contributed by atoms with van der Waals surface area (Å²) in [5.74, 6) is 0.215. The summed E-state index contributed by atoms with van der Waals surface area (Å²) in [4.78, 5) is 22.6. The normalized spacial score (nSPS) is 10.7. The molecule has 0 aliphatic rings. The molecule has 0 amide bonds. The van der Waals surface area contributed by atoms with Gasteiger partial charge in [0.15, 0.2) is 5.78 Å². The summed E-state index contributed by atoms with van der Waals surface area (Å²) < 4.78 is 5.71. The van der Waals surface area contributed by atoms with Crippen molar-refractivity contribution < 1.29 is 19.4 Å². The van der Waals surface area contributed by atoms with Gasteiger partial charge in [-0.2, -0.15) is 0 Å². The Morgan fingerprint density at radius 2 is 1.95 bits per heavy atom. The monoisotopic (exact) mass is 292 g/mol. The van der Waals surface area contributed by atoms with Crippen LogP contribution in [-0.4, -0.2) is 23.5 Å². The number of Topliss-reactive ketones (excluding diaryl/α,β-unsaturated/α-hetero) is 1. The minimum atomic E-state index is -0.867. The van der Waals surface area contributed by atoms with Crippen molar-refractivity contribution in [3.8, 4) is 5.75 Å². The zero-order valence-electron chi connectivity index (χ0n) is 13.0. The van der Waals surface area contributed by atoms with Crippen LogP contribution in [0.1, 0.15) is 68.3 Å². The van der Waals surface area contributed by atoms with E-state index in [2.05, 4.69) is 20.8 Å². The molecule has 0 saturated heterocycles. The smallest absolute Gasteiger partial charge is 0.303 e. The van der Waals surface area contributed by atoms with Gasteiger partial charge in [-0.3, -0.25) is 9.59 Å². The fourth-order valence-corrected chi connectivity index (χ4v) is 2.06. The van der Waals surface area contributed by atoms with Gasteiger partial charge in [0.25, 0.3) is 0 Å². The number of carbonyl (C=O) groups excluding carboxylic acids is 1. The van der Waals surface area contributed by atoms with Gasteiger partial charge in [0.2, 0.25) is 0 Å². The number of aliphatic carboxylic acids is 1. The molecule has 4 heteroatoms. The van der Waals surface area contributed by atoms with Crippen LogP contribution in [0.4, 0.5) is 0 Å². The number of carboxylic acids is 1. The van der Waals surface area contributed by atoms with Crippen LogP contribution in [0.25, 0.3) is 0 Å². The molecule has 0 aliphatic carbocycles. The van der Waals surface area contributed by atoms with Gasteiger partial charge < -0.3 is 9.84 Å². The Morgan fingerprint density at radius 1 is 1.24 bits per heavy atom. The van der Waals surface area contributed by atoms with Crippen molar-refractivity contribution in [2.75, 3.05) is 6.61 Å². The highest BCUT2D eigenvalue weighted by molar-refractivity contribution is 5.96. The minimum Gasteiger partial charge on any atom is -0.493 e. The maximum atomic E-state index is 12.1. The van der Waals surface area contributed by atoms with Crippen molar-refractivity contribution in [1.82, 2.24) is 0 Å². The lowest BCUT2D eigenvalue weighted by Gasteiger charge is -2.15. The molecule has 0 bridgehead atoms. The first-order valence-electron chi connectivity index (χ1n) is 7.47. The highest BCUT2D eigenvalue weighted by Gasteiger charge is 2.13. The molecular formula is C17H24O4. The molecule has 0 saturated carbocycles. The second-order valence-corrected chi connectivity index (χ2v) is 5.43. The van der Waals surface area contributed by atoms with E-state index in [1.165, 1.54) is 0 Å². The maximum Gasteiger partial charge on any atom is 0.303 e. The molecule has 0 radical (unpaired) electrons. The van der Waals surface area contributed by atoms with Crippen LogP contribution in [-0.2, 0) is 4.79 Å². The van der Waals surface area contributed by atoms with Gasteiger partial charge in [-0.1, -0.05) is 20.8 Å². The van der Waals surface area contributed by atoms with E-state index in [0.29, 0.717) is 18.6 Å². The Morgan fingerprint density at radius 3 is 2.52 bits per heavy atom. The fraction of sp³-hybridized carbons (Fsp3) is 0.529. The van der Waals surface area contributed by atoms with Gasteiger partial charge in [0.05, 0.1) is 6.61 Å². The van der Waals surface area contributed by atoms with Gasteiger partial charge in [-0.15, -0.1) is 0 Å². The predicted molar refractivity (Wildman–Crippen MR) is 82.1 cm³/mol. The number of carbonyl (C=O) groups is 2. The van der Waals surface area contributed by atoms with E-state index < -0.39 is 5.97 Å². The molecule has 0 heterocycles. The Labute approximate surface area is 126 Å². The first-order chi connectivity index (χ1) is 9.95. The zero-order valence-corrected chi connectivity index (χ0v) is 13.0. The second kappa shape index (κ2) is 8.45. The van der Waals surface area contributed by atoms with Crippen molar-refractivity contribution in [3.05, 3.63) is 29.3 Å². The van der Waals surface area contributed by atoms with Crippen LogP contribution in [0.15, 0.2) is 18.2 Å². The van der Waals surface area contributed by atoms with Gasteiger partial charge in [0.1, 0.15) is 5.75 Å². The number of ether oxygens (including phenoxy) is 1. The van der Waals surface area contributed by atoms with Gasteiger partial charge in [0, 0.05) is 18.4 Å². The SMILES string of the molecule is CCCOc1ccc(C(=O)CCCC(=O)O)cc1C(C)C. The van der Waals surface area contributed by atoms with Crippen LogP contribution in [0.5, 0.6) is 5.75 Å². The Bertz CT molecular complexity index is 492. The number of benzene rings is 1. The van der Waals surface area contributed by atoms with E-state index in [4.69, 9.17) is 9.84 Å². The van der Waals surface area contributed by atoms with E-state index in [1.54, 1.807) is 6.07 Å². The molecule has 0 unspecified atom stereocenters. The molecule has 1 rings (SSSR count). The molecule has 1 aromatic carbocycles. The summed E-state index contributed by atoms with van der Waals surface area (Å²) in [5.41, 5.74) is 1.65. The summed E-state index contributed by atoms with van der Waals surface area (Å²) in [6, 6.07) is 5.48. The molecule has 0 fully saturated rings. The van der Waals surface area contributed by atoms with Crippen LogP contribution < -0.4 is 4.74 Å². The Kier molecular flexibility index (Phi) is 6.92. The quantitative estimate of drug-likeness (QED) is 0.698. The predicted octanol–water partition coefficient (Wildman–Crippen LogP) is 4.04. The van der Waals surface area contributed by atoms with Crippen molar-refractivity contribution in [1.29, 1.82) is 0 Å². The van der Waals surface area contributed by atoms with Crippen molar-refractivity contribution in [2.24, 2.45) is 0 Å². The molecule has 116 valence electrons. The molecule has 0 aliphatic heterocycles. The molecule has 1 N–H and O–H groups in total. The first kappa shape index (κ1) is 17.2. The van der Waals surface area contributed by atoms with E-state index >= 15 is 0 Å². The molecule has 0 aromatic heterocycles. The minimum absolute atomic E-state index is 0.0137. The van der Waals surface area contributed by atoms with Gasteiger partial charge >= 0.3 is 5.97 Å². The molecule has 4 nitrogen and oxygen atoms in total. The molecule has 0 atom stereocenters. The lowest BCUT2D eigenvalue weighted by atomic mass is 9.96. The van der Waals surface area contributed by atoms with Crippen LogP contribution in [0.3, 0.4) is 0 Å². The van der Waals surface area contributed by atoms with Crippen LogP contribution in [0, 0.1) is 0 Å². The van der Waals surface area contributed by atoms with E-state index in [1.807, 2.05) is 12.1 Å². The van der Waals surface area contributed by atoms with Gasteiger partial charge in [-0.25, -0.2) is 0 Å². The average Bonchev–Trinajstić information content (AvgIpc) is 2.44. The summed E-state index contributed by atoms with van der Waals surface area (Å²) in [7, 11) is 0. The zero-order chi connectivity index (χ0) is 15.8. The fourth-order valence-electron chi connectivity index (χ4n) is 2.06. The lowest BCUT2D eigenvalue weighted by molar-refractivity contribution is -0.137. The largest absolute Gasteiger partial charge is 0.493 e. The topological polar surface area (TPSA) is 63.6 Å². The van der Waals surface area contributed by atoms with Crippen LogP contribution in [0.2, 0.25) is 0 Å². The molecular weight excluding hydrogens is 268 g/mol. The number of ketones is 1. The number of carboxylic acid groups (broad SMARTS) is 1. The van der Waals surface area contributed by atoms with Gasteiger partial charge in [-0.05, 0) is 42.5 Å². The van der Waals surface area contributed by atoms with Crippen LogP contribution >= 0.6 is 0 Å². The number of hydrogen-bond donors (Lipinski definition) is 1. The van der Waals surface area contributed by atoms with Crippen molar-refractivity contribution >= 4 is 11.8 Å². The third-order valence-corrected chi connectivity index (χ3v) is 3.21. The van der Waals surface area contributed by atoms with E-state index in [0.717, 1.165) is 17.7 Å². The molecule has 21 heavy (non-hydrogen) atoms. The summed E-state index contributed by atoms with van der Waals surface area (Å²) in [5, 5.41) is 8.60. The summed E-state index contributed by atoms with van der Waals surface area (Å²) >= 11 is 0. The number of hydrogen-bond acceptors (Lipinski definition) is 3. The summed E-state index contributed by atoms with van der Waals surface area (Å²) in [6.07, 6.45) is 1.60. The first-order valence-corrected chi connectivity index (χ1v) is 7.47. The summed E-state index contributed by atoms with van der Waals surface area (Å²) in [6.45, 7) is 6.83. The Balaban J connectivity index is 2.81. The molecule has 0 spiro atoms. The van der Waals surface area contributed by atoms with E-state index in [9.17, 15) is 9.59 Å².